The molecule has 0 spiro atoms. The summed E-state index contributed by atoms with van der Waals surface area (Å²) in [7, 11) is 0. The molecule has 5 heteroatoms. The molecule has 3 N–H and O–H groups in total. The van der Waals surface area contributed by atoms with Gasteiger partial charge in [0.05, 0.1) is 11.1 Å². The van der Waals surface area contributed by atoms with Crippen LogP contribution < -0.4 is 5.73 Å². The Bertz CT molecular complexity index is 498. The lowest BCUT2D eigenvalue weighted by molar-refractivity contribution is -0.0177. The predicted molar refractivity (Wildman–Crippen MR) is 62.8 cm³/mol. The van der Waals surface area contributed by atoms with Gasteiger partial charge in [-0.15, -0.1) is 0 Å². The number of nitrogens with two attached hydrogens (primary N) is 1. The van der Waals surface area contributed by atoms with Crippen molar-refractivity contribution in [2.75, 3.05) is 5.73 Å². The average molecular weight is 220 g/mol. The van der Waals surface area contributed by atoms with E-state index in [-0.39, 0.29) is 5.60 Å². The number of hydrogen-bond donors (Lipinski definition) is 2. The molecule has 86 valence electrons. The molecule has 0 saturated heterocycles. The third-order valence-corrected chi connectivity index (χ3v) is 2.06. The Balaban J connectivity index is 2.20. The highest BCUT2D eigenvalue weighted by atomic mass is 16.5. The molecule has 0 radical (unpaired) electrons. The van der Waals surface area contributed by atoms with Crippen LogP contribution in [0.4, 0.5) is 5.82 Å². The monoisotopic (exact) mass is 220 g/mol. The fourth-order valence-electron chi connectivity index (χ4n) is 1.31. The van der Waals surface area contributed by atoms with Crippen LogP contribution >= 0.6 is 0 Å². The first-order chi connectivity index (χ1) is 7.44. The minimum absolute atomic E-state index is 0.175. The van der Waals surface area contributed by atoms with Gasteiger partial charge in [-0.1, -0.05) is 0 Å². The van der Waals surface area contributed by atoms with Crippen LogP contribution in [0.25, 0.3) is 11.2 Å². The van der Waals surface area contributed by atoms with Gasteiger partial charge in [0.2, 0.25) is 0 Å². The zero-order valence-electron chi connectivity index (χ0n) is 9.74. The number of nitrogens with one attached hydrogen (secondary N) is 1. The van der Waals surface area contributed by atoms with E-state index in [1.165, 1.54) is 0 Å². The summed E-state index contributed by atoms with van der Waals surface area (Å²) < 4.78 is 5.62. The maximum atomic E-state index is 5.62. The second kappa shape index (κ2) is 3.75. The SMILES string of the molecule is CC(C)(C)OCc1nc2nc(N)ccc2[nH]1. The van der Waals surface area contributed by atoms with E-state index < -0.39 is 0 Å². The number of hydrogen-bond acceptors (Lipinski definition) is 4. The maximum Gasteiger partial charge on any atom is 0.179 e. The van der Waals surface area contributed by atoms with Crippen molar-refractivity contribution in [3.05, 3.63) is 18.0 Å². The Morgan fingerprint density at radius 3 is 2.75 bits per heavy atom. The zero-order valence-corrected chi connectivity index (χ0v) is 9.74. The van der Waals surface area contributed by atoms with Crippen molar-refractivity contribution < 1.29 is 4.74 Å². The fourth-order valence-corrected chi connectivity index (χ4v) is 1.31. The number of aromatic nitrogens is 3. The van der Waals surface area contributed by atoms with E-state index >= 15 is 0 Å². The number of anilines is 1. The summed E-state index contributed by atoms with van der Waals surface area (Å²) in [4.78, 5) is 11.6. The lowest BCUT2D eigenvalue weighted by Crippen LogP contribution is -2.19. The standard InChI is InChI=1S/C11H16N4O/c1-11(2,3)16-6-9-13-7-4-5-8(12)14-10(7)15-9/h4-5H,6H2,1-3H3,(H3,12,13,14,15). The number of fused-ring (bicyclic) bond motifs is 1. The Labute approximate surface area is 94.0 Å². The van der Waals surface area contributed by atoms with E-state index in [0.29, 0.717) is 18.1 Å². The molecular formula is C11H16N4O. The first-order valence-corrected chi connectivity index (χ1v) is 5.19. The number of ether oxygens (including phenoxy) is 1. The zero-order chi connectivity index (χ0) is 11.8. The van der Waals surface area contributed by atoms with Crippen LogP contribution in [0.5, 0.6) is 0 Å². The average Bonchev–Trinajstić information content (AvgIpc) is 2.55. The molecule has 0 atom stereocenters. The maximum absolute atomic E-state index is 5.62. The molecule has 0 saturated carbocycles. The Kier molecular flexibility index (Phi) is 2.55. The summed E-state index contributed by atoms with van der Waals surface area (Å²) in [6.45, 7) is 6.46. The van der Waals surface area contributed by atoms with Crippen LogP contribution in [0, 0.1) is 0 Å². The molecule has 0 unspecified atom stereocenters. The molecule has 5 nitrogen and oxygen atoms in total. The van der Waals surface area contributed by atoms with Crippen LogP contribution in [0.3, 0.4) is 0 Å². The molecule has 0 aliphatic rings. The van der Waals surface area contributed by atoms with Crippen LogP contribution in [0.15, 0.2) is 12.1 Å². The van der Waals surface area contributed by atoms with Gasteiger partial charge in [-0.3, -0.25) is 0 Å². The topological polar surface area (TPSA) is 76.8 Å². The highest BCUT2D eigenvalue weighted by Gasteiger charge is 2.12. The molecule has 2 rings (SSSR count). The molecule has 0 aromatic carbocycles. The van der Waals surface area contributed by atoms with Crippen LogP contribution in [-0.2, 0) is 11.3 Å². The summed E-state index contributed by atoms with van der Waals surface area (Å²) in [6, 6.07) is 3.61. The summed E-state index contributed by atoms with van der Waals surface area (Å²) in [6.07, 6.45) is 0. The van der Waals surface area contributed by atoms with Gasteiger partial charge in [0, 0.05) is 0 Å². The minimum atomic E-state index is -0.175. The van der Waals surface area contributed by atoms with E-state index in [9.17, 15) is 0 Å². The highest BCUT2D eigenvalue weighted by molar-refractivity contribution is 5.72. The summed E-state index contributed by atoms with van der Waals surface area (Å²) in [5.74, 6) is 1.24. The quantitative estimate of drug-likeness (QED) is 0.809. The molecule has 2 aromatic rings. The van der Waals surface area contributed by atoms with Crippen LogP contribution in [-0.4, -0.2) is 20.6 Å². The van der Waals surface area contributed by atoms with Gasteiger partial charge < -0.3 is 15.5 Å². The lowest BCUT2D eigenvalue weighted by Gasteiger charge is -2.18. The van der Waals surface area contributed by atoms with Crippen LogP contribution in [0.2, 0.25) is 0 Å². The van der Waals surface area contributed by atoms with Gasteiger partial charge >= 0.3 is 0 Å². The van der Waals surface area contributed by atoms with Gasteiger partial charge in [0.15, 0.2) is 5.65 Å². The molecule has 0 bridgehead atoms. The molecule has 0 fully saturated rings. The summed E-state index contributed by atoms with van der Waals surface area (Å²) in [5, 5.41) is 0. The number of nitrogen functional groups attached to an aromatic ring is 1. The van der Waals surface area contributed by atoms with Crippen LogP contribution in [0.1, 0.15) is 26.6 Å². The van der Waals surface area contributed by atoms with Gasteiger partial charge in [-0.05, 0) is 32.9 Å². The number of rotatable bonds is 2. The largest absolute Gasteiger partial charge is 0.384 e. The number of pyridine rings is 1. The van der Waals surface area contributed by atoms with E-state index in [2.05, 4.69) is 15.0 Å². The van der Waals surface area contributed by atoms with E-state index in [1.807, 2.05) is 26.8 Å². The second-order valence-electron chi connectivity index (χ2n) is 4.69. The van der Waals surface area contributed by atoms with Crippen molar-refractivity contribution in [1.82, 2.24) is 15.0 Å². The lowest BCUT2D eigenvalue weighted by atomic mass is 10.2. The molecule has 0 aliphatic heterocycles. The minimum Gasteiger partial charge on any atom is -0.384 e. The van der Waals surface area contributed by atoms with Crippen molar-refractivity contribution in [3.8, 4) is 0 Å². The normalized spacial score (nSPS) is 12.2. The molecule has 0 aliphatic carbocycles. The van der Waals surface area contributed by atoms with Gasteiger partial charge in [0.1, 0.15) is 18.2 Å². The first-order valence-electron chi connectivity index (χ1n) is 5.19. The Morgan fingerprint density at radius 1 is 1.31 bits per heavy atom. The van der Waals surface area contributed by atoms with Crippen molar-refractivity contribution in [2.24, 2.45) is 0 Å². The van der Waals surface area contributed by atoms with Crippen molar-refractivity contribution in [3.63, 3.8) is 0 Å². The predicted octanol–water partition coefficient (Wildman–Crippen LogP) is 1.86. The molecular weight excluding hydrogens is 204 g/mol. The van der Waals surface area contributed by atoms with E-state index in [4.69, 9.17) is 10.5 Å². The fraction of sp³-hybridized carbons (Fsp3) is 0.455. The molecule has 2 aromatic heterocycles. The third-order valence-electron chi connectivity index (χ3n) is 2.06. The molecule has 2 heterocycles. The van der Waals surface area contributed by atoms with E-state index in [0.717, 1.165) is 11.3 Å². The van der Waals surface area contributed by atoms with E-state index in [1.54, 1.807) is 6.07 Å². The molecule has 0 amide bonds. The smallest absolute Gasteiger partial charge is 0.179 e. The first kappa shape index (κ1) is 10.9. The highest BCUT2D eigenvalue weighted by Crippen LogP contribution is 2.14. The Hall–Kier alpha value is -1.62. The van der Waals surface area contributed by atoms with Gasteiger partial charge in [0.25, 0.3) is 0 Å². The Morgan fingerprint density at radius 2 is 2.06 bits per heavy atom. The van der Waals surface area contributed by atoms with Crippen molar-refractivity contribution >= 4 is 17.0 Å². The van der Waals surface area contributed by atoms with Gasteiger partial charge in [-0.25, -0.2) is 9.97 Å². The second-order valence-corrected chi connectivity index (χ2v) is 4.69. The number of aromatic amines is 1. The summed E-state index contributed by atoms with van der Waals surface area (Å²) >= 11 is 0. The molecule has 16 heavy (non-hydrogen) atoms. The van der Waals surface area contributed by atoms with Crippen molar-refractivity contribution in [2.45, 2.75) is 33.0 Å². The number of imidazole rings is 1. The summed E-state index contributed by atoms with van der Waals surface area (Å²) in [5.41, 5.74) is 6.91. The van der Waals surface area contributed by atoms with Crippen molar-refractivity contribution in [1.29, 1.82) is 0 Å². The van der Waals surface area contributed by atoms with Gasteiger partial charge in [-0.2, -0.15) is 0 Å². The number of nitrogens with zero attached hydrogens (tertiary/aromatic N) is 2. The number of H-pyrrole nitrogens is 1. The third kappa shape index (κ3) is 2.49.